The van der Waals surface area contributed by atoms with Gasteiger partial charge in [-0.1, -0.05) is 19.8 Å². The molecule has 0 saturated carbocycles. The molecule has 2 N–H and O–H groups in total. The van der Waals surface area contributed by atoms with Crippen LogP contribution in [0.25, 0.3) is 0 Å². The summed E-state index contributed by atoms with van der Waals surface area (Å²) in [5, 5.41) is 0. The van der Waals surface area contributed by atoms with E-state index < -0.39 is 0 Å². The zero-order valence-electron chi connectivity index (χ0n) is 13.1. The Morgan fingerprint density at radius 1 is 0.800 bits per heavy atom. The second-order valence-electron chi connectivity index (χ2n) is 5.63. The van der Waals surface area contributed by atoms with E-state index in [4.69, 9.17) is 0 Å². The normalized spacial score (nSPS) is 10.3. The fraction of sp³-hybridized carbons (Fsp3) is 0.667. The predicted octanol–water partition coefficient (Wildman–Crippen LogP) is 4.12. The fourth-order valence-corrected chi connectivity index (χ4v) is 3.35. The number of aryl methyl sites for hydroxylation is 1. The van der Waals surface area contributed by atoms with Crippen molar-refractivity contribution in [3.63, 3.8) is 0 Å². The second kappa shape index (κ2) is 13.9. The molecule has 0 aliphatic heterocycles. The smallest absolute Gasteiger partial charge is 0.412 e. The Morgan fingerprint density at radius 2 is 1.35 bits per heavy atom. The molecule has 0 saturated heterocycles. The summed E-state index contributed by atoms with van der Waals surface area (Å²) >= 11 is 1.54. The van der Waals surface area contributed by atoms with Gasteiger partial charge in [-0.2, -0.15) is 0 Å². The van der Waals surface area contributed by atoms with Crippen LogP contribution in [0.1, 0.15) is 76.7 Å². The summed E-state index contributed by atoms with van der Waals surface area (Å²) in [6, 6.07) is 9.07. The summed E-state index contributed by atoms with van der Waals surface area (Å²) < 4.78 is 1.48. The zero-order valence-corrected chi connectivity index (χ0v) is 15.9. The molecule has 0 heterocycles. The molecule has 1 nitrogen and oxygen atoms in total. The molecule has 0 atom stereocenters. The molecule has 1 aromatic rings. The van der Waals surface area contributed by atoms with Gasteiger partial charge in [0.15, 0.2) is 0 Å². The first-order chi connectivity index (χ1) is 9.33. The van der Waals surface area contributed by atoms with E-state index in [9.17, 15) is 0 Å². The number of unbranched alkanes of at least 4 members (excludes halogenated alkanes) is 9. The van der Waals surface area contributed by atoms with Crippen molar-refractivity contribution in [3.05, 3.63) is 29.8 Å². The molecular weight excluding hydrogens is 351 g/mol. The summed E-state index contributed by atoms with van der Waals surface area (Å²) in [6.45, 7) is 2.29. The van der Waals surface area contributed by atoms with Gasteiger partial charge >= 0.3 is 114 Å². The van der Waals surface area contributed by atoms with E-state index in [-0.39, 0.29) is 5.48 Å². The Bertz CT molecular complexity index is 325. The van der Waals surface area contributed by atoms with E-state index >= 15 is 0 Å². The van der Waals surface area contributed by atoms with Crippen LogP contribution in [0.2, 0.25) is 0 Å². The average Bonchev–Trinajstić information content (AvgIpc) is 2.41. The molecule has 113 valence electrons. The van der Waals surface area contributed by atoms with E-state index in [1.807, 2.05) is 0 Å². The Balaban J connectivity index is 0.00000361. The molecule has 0 amide bonds. The van der Waals surface area contributed by atoms with Crippen LogP contribution in [0.15, 0.2) is 24.3 Å². The number of hydrogen-bond acceptors (Lipinski definition) is 0. The second-order valence-corrected chi connectivity index (χ2v) is 7.28. The van der Waals surface area contributed by atoms with Crippen molar-refractivity contribution in [1.29, 1.82) is 0 Å². The van der Waals surface area contributed by atoms with Gasteiger partial charge in [0, 0.05) is 0 Å². The number of benzene rings is 1. The SMILES string of the molecule is CCCCCCCCCCCCc1ccc[c]([Sn])c1.O. The van der Waals surface area contributed by atoms with Crippen LogP contribution >= 0.6 is 0 Å². The summed E-state index contributed by atoms with van der Waals surface area (Å²) in [7, 11) is 0. The minimum atomic E-state index is 0. The van der Waals surface area contributed by atoms with E-state index in [2.05, 4.69) is 31.2 Å². The molecule has 1 aromatic carbocycles. The molecule has 0 spiro atoms. The van der Waals surface area contributed by atoms with Crippen molar-refractivity contribution in [2.75, 3.05) is 0 Å². The Morgan fingerprint density at radius 3 is 1.90 bits per heavy atom. The summed E-state index contributed by atoms with van der Waals surface area (Å²) in [5.74, 6) is 0. The van der Waals surface area contributed by atoms with Crippen molar-refractivity contribution in [2.24, 2.45) is 0 Å². The van der Waals surface area contributed by atoms with Crippen LogP contribution in [-0.2, 0) is 6.42 Å². The van der Waals surface area contributed by atoms with Gasteiger partial charge in [-0.25, -0.2) is 0 Å². The molecular formula is C18H31OSn. The molecule has 0 aliphatic rings. The fourth-order valence-electron chi connectivity index (χ4n) is 2.54. The molecule has 20 heavy (non-hydrogen) atoms. The van der Waals surface area contributed by atoms with Gasteiger partial charge < -0.3 is 5.48 Å². The van der Waals surface area contributed by atoms with E-state index in [1.165, 1.54) is 102 Å². The molecule has 2 heteroatoms. The molecule has 1 rings (SSSR count). The van der Waals surface area contributed by atoms with Gasteiger partial charge in [-0.3, -0.25) is 0 Å². The monoisotopic (exact) mass is 383 g/mol. The number of rotatable bonds is 11. The zero-order chi connectivity index (χ0) is 13.8. The predicted molar refractivity (Wildman–Crippen MR) is 91.0 cm³/mol. The maximum Gasteiger partial charge on any atom is -0.412 e. The van der Waals surface area contributed by atoms with Gasteiger partial charge in [-0.05, 0) is 0 Å². The number of hydrogen-bond donors (Lipinski definition) is 0. The quantitative estimate of drug-likeness (QED) is 0.408. The summed E-state index contributed by atoms with van der Waals surface area (Å²) in [6.07, 6.45) is 15.6. The minimum Gasteiger partial charge on any atom is -0.412 e. The largest absolute Gasteiger partial charge is 0.412 e. The molecule has 0 fully saturated rings. The molecule has 3 radical (unpaired) electrons. The summed E-state index contributed by atoms with van der Waals surface area (Å²) in [5.41, 5.74) is 1.54. The van der Waals surface area contributed by atoms with Crippen molar-refractivity contribution in [3.8, 4) is 0 Å². The van der Waals surface area contributed by atoms with Crippen LogP contribution in [0.4, 0.5) is 0 Å². The Labute approximate surface area is 139 Å². The van der Waals surface area contributed by atoms with Crippen LogP contribution in [-0.4, -0.2) is 28.0 Å². The van der Waals surface area contributed by atoms with Gasteiger partial charge in [0.25, 0.3) is 0 Å². The van der Waals surface area contributed by atoms with Crippen molar-refractivity contribution in [2.45, 2.75) is 77.6 Å². The molecule has 0 aliphatic carbocycles. The molecule has 0 bridgehead atoms. The van der Waals surface area contributed by atoms with E-state index in [1.54, 1.807) is 0 Å². The third-order valence-corrected chi connectivity index (χ3v) is 4.63. The first-order valence-electron chi connectivity index (χ1n) is 8.13. The Hall–Kier alpha value is -0.0213. The van der Waals surface area contributed by atoms with Crippen LogP contribution in [0.3, 0.4) is 0 Å². The molecule has 0 aromatic heterocycles. The van der Waals surface area contributed by atoms with Crippen molar-refractivity contribution in [1.82, 2.24) is 0 Å². The third-order valence-electron chi connectivity index (χ3n) is 3.75. The molecule has 0 unspecified atom stereocenters. The maximum atomic E-state index is 2.37. The van der Waals surface area contributed by atoms with E-state index in [0.717, 1.165) is 0 Å². The topological polar surface area (TPSA) is 31.5 Å². The maximum absolute atomic E-state index is 2.37. The Kier molecular flexibility index (Phi) is 13.9. The van der Waals surface area contributed by atoms with Gasteiger partial charge in [-0.15, -0.1) is 0 Å². The van der Waals surface area contributed by atoms with Crippen LogP contribution in [0.5, 0.6) is 0 Å². The van der Waals surface area contributed by atoms with Gasteiger partial charge in [0.05, 0.1) is 0 Å². The van der Waals surface area contributed by atoms with Crippen molar-refractivity contribution < 1.29 is 5.48 Å². The minimum absolute atomic E-state index is 0. The van der Waals surface area contributed by atoms with Gasteiger partial charge in [0.2, 0.25) is 0 Å². The first kappa shape index (κ1) is 20.0. The average molecular weight is 382 g/mol. The van der Waals surface area contributed by atoms with Crippen molar-refractivity contribution >= 4 is 26.1 Å². The van der Waals surface area contributed by atoms with Crippen LogP contribution < -0.4 is 3.58 Å². The van der Waals surface area contributed by atoms with Gasteiger partial charge in [0.1, 0.15) is 0 Å². The third kappa shape index (κ3) is 10.7. The standard InChI is InChI=1S/C18H29.H2O.Sn/c1-2-3-4-5-6-7-8-9-10-12-15-18-16-13-11-14-17-18;;/h11,13,16-17H,2-10,12,15H2,1H3;1H2;. The first-order valence-corrected chi connectivity index (χ1v) is 9.56. The summed E-state index contributed by atoms with van der Waals surface area (Å²) in [4.78, 5) is 0. The van der Waals surface area contributed by atoms with Crippen LogP contribution in [0, 0.1) is 0 Å². The van der Waals surface area contributed by atoms with E-state index in [0.29, 0.717) is 0 Å².